The molecule has 0 aliphatic heterocycles. The molecule has 23 heavy (non-hydrogen) atoms. The molecule has 0 saturated heterocycles. The van der Waals surface area contributed by atoms with Crippen LogP contribution in [0.2, 0.25) is 0 Å². The summed E-state index contributed by atoms with van der Waals surface area (Å²) in [6.07, 6.45) is 8.36. The molecule has 2 heterocycles. The topological polar surface area (TPSA) is 37.8 Å². The van der Waals surface area contributed by atoms with E-state index in [-0.39, 0.29) is 0 Å². The van der Waals surface area contributed by atoms with E-state index in [2.05, 4.69) is 34.6 Å². The van der Waals surface area contributed by atoms with Crippen LogP contribution < -0.4 is 5.32 Å². The molecule has 3 nitrogen and oxygen atoms in total. The summed E-state index contributed by atoms with van der Waals surface area (Å²) >= 11 is 0. The van der Waals surface area contributed by atoms with Crippen molar-refractivity contribution in [3.8, 4) is 11.4 Å². The Kier molecular flexibility index (Phi) is 3.93. The number of hydrogen-bond acceptors (Lipinski definition) is 3. The van der Waals surface area contributed by atoms with Crippen LogP contribution in [-0.2, 0) is 0 Å². The van der Waals surface area contributed by atoms with E-state index in [4.69, 9.17) is 4.98 Å². The van der Waals surface area contributed by atoms with Crippen LogP contribution in [0.15, 0.2) is 54.7 Å². The van der Waals surface area contributed by atoms with Gasteiger partial charge in [-0.15, -0.1) is 0 Å². The lowest BCUT2D eigenvalue weighted by Gasteiger charge is -2.24. The van der Waals surface area contributed by atoms with Crippen molar-refractivity contribution in [3.05, 3.63) is 54.7 Å². The van der Waals surface area contributed by atoms with E-state index < -0.39 is 0 Å². The lowest BCUT2D eigenvalue weighted by Crippen LogP contribution is -2.22. The summed E-state index contributed by atoms with van der Waals surface area (Å²) in [5.41, 5.74) is 4.06. The van der Waals surface area contributed by atoms with Crippen molar-refractivity contribution < 1.29 is 0 Å². The minimum atomic E-state index is 0.575. The van der Waals surface area contributed by atoms with Crippen LogP contribution in [0.1, 0.15) is 32.1 Å². The molecular weight excluding hydrogens is 282 g/mol. The third kappa shape index (κ3) is 3.04. The van der Waals surface area contributed by atoms with Crippen molar-refractivity contribution in [2.24, 2.45) is 0 Å². The van der Waals surface area contributed by atoms with Gasteiger partial charge in [0.2, 0.25) is 0 Å². The molecule has 3 heteroatoms. The summed E-state index contributed by atoms with van der Waals surface area (Å²) in [4.78, 5) is 9.25. The smallest absolute Gasteiger partial charge is 0.0914 e. The fourth-order valence-electron chi connectivity index (χ4n) is 3.41. The quantitative estimate of drug-likeness (QED) is 0.736. The zero-order valence-electron chi connectivity index (χ0n) is 13.2. The molecule has 1 saturated carbocycles. The van der Waals surface area contributed by atoms with Gasteiger partial charge in [-0.25, -0.2) is 4.98 Å². The van der Waals surface area contributed by atoms with Gasteiger partial charge in [-0.2, -0.15) is 0 Å². The van der Waals surface area contributed by atoms with Crippen molar-refractivity contribution >= 4 is 16.6 Å². The van der Waals surface area contributed by atoms with E-state index in [1.165, 1.54) is 43.2 Å². The van der Waals surface area contributed by atoms with Gasteiger partial charge in [0.1, 0.15) is 0 Å². The van der Waals surface area contributed by atoms with Crippen molar-refractivity contribution in [1.29, 1.82) is 0 Å². The molecule has 0 radical (unpaired) electrons. The highest BCUT2D eigenvalue weighted by Gasteiger charge is 2.15. The largest absolute Gasteiger partial charge is 0.382 e. The molecular formula is C20H21N3. The standard InChI is InChI=1S/C20H21N3/c1-2-8-15(9-3-1)22-19-14-20(18-12-6-7-13-21-18)23-17-11-5-4-10-16(17)19/h4-7,10-15H,1-3,8-9H2,(H,22,23). The number of nitrogens with one attached hydrogen (secondary N) is 1. The highest BCUT2D eigenvalue weighted by molar-refractivity contribution is 5.93. The lowest BCUT2D eigenvalue weighted by atomic mass is 9.95. The average molecular weight is 303 g/mol. The maximum atomic E-state index is 4.80. The van der Waals surface area contributed by atoms with Crippen LogP contribution >= 0.6 is 0 Å². The number of hydrogen-bond donors (Lipinski definition) is 1. The Morgan fingerprint density at radius 1 is 0.870 bits per heavy atom. The Labute approximate surface area is 136 Å². The molecule has 0 atom stereocenters. The molecule has 1 fully saturated rings. The highest BCUT2D eigenvalue weighted by atomic mass is 14.9. The fourth-order valence-corrected chi connectivity index (χ4v) is 3.41. The van der Waals surface area contributed by atoms with Crippen LogP contribution in [0.25, 0.3) is 22.3 Å². The Morgan fingerprint density at radius 2 is 1.70 bits per heavy atom. The number of nitrogens with zero attached hydrogens (tertiary/aromatic N) is 2. The number of para-hydroxylation sites is 1. The molecule has 1 aliphatic rings. The lowest BCUT2D eigenvalue weighted by molar-refractivity contribution is 0.463. The Bertz CT molecular complexity index is 792. The predicted molar refractivity (Wildman–Crippen MR) is 95.5 cm³/mol. The van der Waals surface area contributed by atoms with Gasteiger partial charge in [0.05, 0.1) is 16.9 Å². The van der Waals surface area contributed by atoms with Gasteiger partial charge in [-0.05, 0) is 37.1 Å². The van der Waals surface area contributed by atoms with Crippen molar-refractivity contribution in [2.75, 3.05) is 5.32 Å². The maximum Gasteiger partial charge on any atom is 0.0914 e. The molecule has 2 aromatic heterocycles. The van der Waals surface area contributed by atoms with E-state index in [1.807, 2.05) is 30.5 Å². The summed E-state index contributed by atoms with van der Waals surface area (Å²) in [5, 5.41) is 4.96. The maximum absolute atomic E-state index is 4.80. The molecule has 0 spiro atoms. The normalized spacial score (nSPS) is 15.7. The third-order valence-corrected chi connectivity index (χ3v) is 4.61. The number of anilines is 1. The van der Waals surface area contributed by atoms with Crippen LogP contribution in [0.4, 0.5) is 5.69 Å². The summed E-state index contributed by atoms with van der Waals surface area (Å²) in [7, 11) is 0. The van der Waals surface area contributed by atoms with E-state index in [9.17, 15) is 0 Å². The van der Waals surface area contributed by atoms with Crippen molar-refractivity contribution in [2.45, 2.75) is 38.1 Å². The number of pyridine rings is 2. The number of fused-ring (bicyclic) bond motifs is 1. The van der Waals surface area contributed by atoms with E-state index >= 15 is 0 Å². The first kappa shape index (κ1) is 14.2. The minimum Gasteiger partial charge on any atom is -0.382 e. The zero-order chi connectivity index (χ0) is 15.5. The second-order valence-electron chi connectivity index (χ2n) is 6.27. The Balaban J connectivity index is 1.77. The van der Waals surface area contributed by atoms with Gasteiger partial charge >= 0.3 is 0 Å². The van der Waals surface area contributed by atoms with Crippen LogP contribution in [0.5, 0.6) is 0 Å². The van der Waals surface area contributed by atoms with Gasteiger partial charge in [-0.1, -0.05) is 43.5 Å². The first-order valence-corrected chi connectivity index (χ1v) is 8.48. The van der Waals surface area contributed by atoms with Crippen LogP contribution in [-0.4, -0.2) is 16.0 Å². The molecule has 1 aromatic carbocycles. The first-order chi connectivity index (χ1) is 11.4. The minimum absolute atomic E-state index is 0.575. The molecule has 1 aliphatic carbocycles. The van der Waals surface area contributed by atoms with Gasteiger partial charge in [0.15, 0.2) is 0 Å². The van der Waals surface area contributed by atoms with Crippen molar-refractivity contribution in [1.82, 2.24) is 9.97 Å². The molecule has 3 aromatic rings. The first-order valence-electron chi connectivity index (χ1n) is 8.48. The van der Waals surface area contributed by atoms with E-state index in [1.54, 1.807) is 0 Å². The SMILES string of the molecule is c1ccc(-c2cc(NC3CCCCC3)c3ccccc3n2)nc1. The summed E-state index contributed by atoms with van der Waals surface area (Å²) < 4.78 is 0. The number of rotatable bonds is 3. The molecule has 1 N–H and O–H groups in total. The fraction of sp³-hybridized carbons (Fsp3) is 0.300. The molecule has 0 bridgehead atoms. The second kappa shape index (κ2) is 6.37. The Morgan fingerprint density at radius 3 is 2.52 bits per heavy atom. The number of benzene rings is 1. The van der Waals surface area contributed by atoms with E-state index in [0.29, 0.717) is 6.04 Å². The van der Waals surface area contributed by atoms with Gasteiger partial charge < -0.3 is 5.32 Å². The monoisotopic (exact) mass is 303 g/mol. The Hall–Kier alpha value is -2.42. The third-order valence-electron chi connectivity index (χ3n) is 4.61. The van der Waals surface area contributed by atoms with Gasteiger partial charge in [-0.3, -0.25) is 4.98 Å². The summed E-state index contributed by atoms with van der Waals surface area (Å²) in [5.74, 6) is 0. The summed E-state index contributed by atoms with van der Waals surface area (Å²) in [6.45, 7) is 0. The van der Waals surface area contributed by atoms with E-state index in [0.717, 1.165) is 16.9 Å². The number of aromatic nitrogens is 2. The second-order valence-corrected chi connectivity index (χ2v) is 6.27. The van der Waals surface area contributed by atoms with Gasteiger partial charge in [0, 0.05) is 23.3 Å². The predicted octanol–water partition coefficient (Wildman–Crippen LogP) is 5.04. The van der Waals surface area contributed by atoms with Crippen LogP contribution in [0, 0.1) is 0 Å². The molecule has 4 rings (SSSR count). The zero-order valence-corrected chi connectivity index (χ0v) is 13.2. The molecule has 0 amide bonds. The molecule has 0 unspecified atom stereocenters. The summed E-state index contributed by atoms with van der Waals surface area (Å²) in [6, 6.07) is 17.0. The van der Waals surface area contributed by atoms with Crippen molar-refractivity contribution in [3.63, 3.8) is 0 Å². The average Bonchev–Trinajstić information content (AvgIpc) is 2.63. The molecule has 116 valence electrons. The van der Waals surface area contributed by atoms with Crippen LogP contribution in [0.3, 0.4) is 0 Å². The highest BCUT2D eigenvalue weighted by Crippen LogP contribution is 2.30. The van der Waals surface area contributed by atoms with Gasteiger partial charge in [0.25, 0.3) is 0 Å².